The Bertz CT molecular complexity index is 311. The van der Waals surface area contributed by atoms with E-state index in [9.17, 15) is 4.79 Å². The molecule has 0 aliphatic heterocycles. The number of rotatable bonds is 3. The van der Waals surface area contributed by atoms with Gasteiger partial charge in [-0.25, -0.2) is 0 Å². The fourth-order valence-corrected chi connectivity index (χ4v) is 1.35. The molecular formula is C9H9BrO3. The van der Waals surface area contributed by atoms with Crippen LogP contribution in [0.4, 0.5) is 0 Å². The maximum Gasteiger partial charge on any atom is 0.317 e. The summed E-state index contributed by atoms with van der Waals surface area (Å²) < 4.78 is 0. The van der Waals surface area contributed by atoms with Crippen molar-refractivity contribution in [3.63, 3.8) is 0 Å². The van der Waals surface area contributed by atoms with Crippen LogP contribution in [-0.2, 0) is 11.2 Å². The van der Waals surface area contributed by atoms with Crippen LogP contribution in [0.25, 0.3) is 0 Å². The Morgan fingerprint density at radius 1 is 1.54 bits per heavy atom. The van der Waals surface area contributed by atoms with Crippen LogP contribution < -0.4 is 0 Å². The van der Waals surface area contributed by atoms with E-state index in [0.29, 0.717) is 6.42 Å². The number of carboxylic acid groups (broad SMARTS) is 1. The second-order valence-corrected chi connectivity index (χ2v) is 3.79. The third-order valence-electron chi connectivity index (χ3n) is 1.59. The van der Waals surface area contributed by atoms with Crippen molar-refractivity contribution in [1.82, 2.24) is 0 Å². The number of aromatic hydroxyl groups is 1. The minimum Gasteiger partial charge on any atom is -0.508 e. The Labute approximate surface area is 84.1 Å². The predicted molar refractivity (Wildman–Crippen MR) is 52.2 cm³/mol. The van der Waals surface area contributed by atoms with Crippen LogP contribution in [0.5, 0.6) is 5.75 Å². The fraction of sp³-hybridized carbons (Fsp3) is 0.222. The molecule has 0 heterocycles. The van der Waals surface area contributed by atoms with Crippen molar-refractivity contribution >= 4 is 21.9 Å². The molecular weight excluding hydrogens is 236 g/mol. The lowest BCUT2D eigenvalue weighted by Gasteiger charge is -2.04. The van der Waals surface area contributed by atoms with Gasteiger partial charge in [-0.1, -0.05) is 28.1 Å². The lowest BCUT2D eigenvalue weighted by Crippen LogP contribution is -2.15. The first-order chi connectivity index (χ1) is 6.09. The van der Waals surface area contributed by atoms with E-state index in [1.807, 2.05) is 0 Å². The smallest absolute Gasteiger partial charge is 0.317 e. The summed E-state index contributed by atoms with van der Waals surface area (Å²) in [4.78, 5) is 9.88. The summed E-state index contributed by atoms with van der Waals surface area (Å²) in [6.45, 7) is 0. The van der Waals surface area contributed by atoms with E-state index in [-0.39, 0.29) is 5.75 Å². The Balaban J connectivity index is 2.69. The number of benzene rings is 1. The zero-order valence-corrected chi connectivity index (χ0v) is 8.36. The van der Waals surface area contributed by atoms with Crippen LogP contribution in [0.3, 0.4) is 0 Å². The van der Waals surface area contributed by atoms with E-state index in [1.165, 1.54) is 0 Å². The Morgan fingerprint density at radius 3 is 2.77 bits per heavy atom. The minimum atomic E-state index is -0.900. The number of hydrogen-bond donors (Lipinski definition) is 2. The summed E-state index contributed by atoms with van der Waals surface area (Å²) >= 11 is 3.02. The molecule has 1 unspecified atom stereocenters. The highest BCUT2D eigenvalue weighted by molar-refractivity contribution is 9.10. The number of halogens is 1. The summed E-state index contributed by atoms with van der Waals surface area (Å²) in [5.74, 6) is -0.745. The van der Waals surface area contributed by atoms with Gasteiger partial charge < -0.3 is 10.2 Å². The van der Waals surface area contributed by atoms with Gasteiger partial charge >= 0.3 is 5.97 Å². The van der Waals surface area contributed by atoms with E-state index in [4.69, 9.17) is 10.2 Å². The molecule has 13 heavy (non-hydrogen) atoms. The highest BCUT2D eigenvalue weighted by Crippen LogP contribution is 2.15. The molecule has 1 aromatic carbocycles. The fourth-order valence-electron chi connectivity index (χ4n) is 0.978. The van der Waals surface area contributed by atoms with Crippen LogP contribution in [0.15, 0.2) is 24.3 Å². The average Bonchev–Trinajstić information content (AvgIpc) is 2.04. The number of phenolic OH excluding ortho intramolecular Hbond substituents is 1. The molecule has 0 radical (unpaired) electrons. The first-order valence-electron chi connectivity index (χ1n) is 3.74. The van der Waals surface area contributed by atoms with Gasteiger partial charge in [0.25, 0.3) is 0 Å². The van der Waals surface area contributed by atoms with Gasteiger partial charge in [-0.05, 0) is 24.1 Å². The van der Waals surface area contributed by atoms with Gasteiger partial charge in [0.1, 0.15) is 10.6 Å². The van der Waals surface area contributed by atoms with Crippen LogP contribution in [0, 0.1) is 0 Å². The largest absolute Gasteiger partial charge is 0.508 e. The normalized spacial score (nSPS) is 12.4. The second-order valence-electron chi connectivity index (χ2n) is 2.68. The topological polar surface area (TPSA) is 57.5 Å². The summed E-state index contributed by atoms with van der Waals surface area (Å²) in [6.07, 6.45) is 0.365. The minimum absolute atomic E-state index is 0.155. The maximum atomic E-state index is 10.5. The van der Waals surface area contributed by atoms with Crippen molar-refractivity contribution in [3.05, 3.63) is 29.8 Å². The van der Waals surface area contributed by atoms with Crippen molar-refractivity contribution in [1.29, 1.82) is 0 Å². The van der Waals surface area contributed by atoms with E-state index < -0.39 is 10.8 Å². The molecule has 0 amide bonds. The standard InChI is InChI=1S/C9H9BrO3/c10-8(9(12)13)5-6-2-1-3-7(11)4-6/h1-4,8,11H,5H2,(H,12,13). The SMILES string of the molecule is O=C(O)C(Br)Cc1cccc(O)c1. The van der Waals surface area contributed by atoms with Gasteiger partial charge in [-0.3, -0.25) is 4.79 Å². The van der Waals surface area contributed by atoms with Gasteiger partial charge in [0.2, 0.25) is 0 Å². The zero-order chi connectivity index (χ0) is 9.84. The highest BCUT2D eigenvalue weighted by Gasteiger charge is 2.13. The van der Waals surface area contributed by atoms with Crippen molar-refractivity contribution in [2.24, 2.45) is 0 Å². The molecule has 1 atom stereocenters. The molecule has 1 rings (SSSR count). The van der Waals surface area contributed by atoms with Gasteiger partial charge in [0.15, 0.2) is 0 Å². The molecule has 0 spiro atoms. The van der Waals surface area contributed by atoms with E-state index in [0.717, 1.165) is 5.56 Å². The molecule has 0 fully saturated rings. The van der Waals surface area contributed by atoms with Crippen molar-refractivity contribution < 1.29 is 15.0 Å². The molecule has 0 bridgehead atoms. The molecule has 4 heteroatoms. The molecule has 1 aromatic rings. The molecule has 70 valence electrons. The molecule has 0 saturated heterocycles. The summed E-state index contributed by atoms with van der Waals surface area (Å²) in [7, 11) is 0. The van der Waals surface area contributed by atoms with Gasteiger partial charge in [0.05, 0.1) is 0 Å². The van der Waals surface area contributed by atoms with Gasteiger partial charge in [-0.2, -0.15) is 0 Å². The quantitative estimate of drug-likeness (QED) is 0.798. The Kier molecular flexibility index (Phi) is 3.31. The predicted octanol–water partition coefficient (Wildman–Crippen LogP) is 1.78. The number of carbonyl (C=O) groups is 1. The third kappa shape index (κ3) is 3.06. The summed E-state index contributed by atoms with van der Waals surface area (Å²) in [6, 6.07) is 6.56. The van der Waals surface area contributed by atoms with E-state index in [1.54, 1.807) is 24.3 Å². The van der Waals surface area contributed by atoms with Gasteiger partial charge in [-0.15, -0.1) is 0 Å². The van der Waals surface area contributed by atoms with Crippen molar-refractivity contribution in [2.75, 3.05) is 0 Å². The van der Waals surface area contributed by atoms with E-state index >= 15 is 0 Å². The number of alkyl halides is 1. The van der Waals surface area contributed by atoms with Crippen LogP contribution >= 0.6 is 15.9 Å². The van der Waals surface area contributed by atoms with Crippen molar-refractivity contribution in [3.8, 4) is 5.75 Å². The van der Waals surface area contributed by atoms with Crippen molar-refractivity contribution in [2.45, 2.75) is 11.2 Å². The lowest BCUT2D eigenvalue weighted by atomic mass is 10.1. The second kappa shape index (κ2) is 4.28. The molecule has 0 aliphatic rings. The number of phenols is 1. The van der Waals surface area contributed by atoms with Gasteiger partial charge in [0, 0.05) is 0 Å². The molecule has 0 aliphatic carbocycles. The first kappa shape index (κ1) is 10.1. The highest BCUT2D eigenvalue weighted by atomic mass is 79.9. The molecule has 3 nitrogen and oxygen atoms in total. The lowest BCUT2D eigenvalue weighted by molar-refractivity contribution is -0.136. The summed E-state index contributed by atoms with van der Waals surface area (Å²) in [5.41, 5.74) is 0.796. The maximum absolute atomic E-state index is 10.5. The number of hydrogen-bond acceptors (Lipinski definition) is 2. The molecule has 0 aromatic heterocycles. The number of carboxylic acids is 1. The molecule has 2 N–H and O–H groups in total. The van der Waals surface area contributed by atoms with E-state index in [2.05, 4.69) is 15.9 Å². The zero-order valence-electron chi connectivity index (χ0n) is 6.77. The Hall–Kier alpha value is -1.03. The average molecular weight is 245 g/mol. The van der Waals surface area contributed by atoms with Crippen LogP contribution in [0.2, 0.25) is 0 Å². The monoisotopic (exact) mass is 244 g/mol. The first-order valence-corrected chi connectivity index (χ1v) is 4.66. The summed E-state index contributed by atoms with van der Waals surface area (Å²) in [5, 5.41) is 17.7. The Morgan fingerprint density at radius 2 is 2.23 bits per heavy atom. The third-order valence-corrected chi connectivity index (χ3v) is 2.31. The van der Waals surface area contributed by atoms with Crippen LogP contribution in [0.1, 0.15) is 5.56 Å². The van der Waals surface area contributed by atoms with Crippen LogP contribution in [-0.4, -0.2) is 21.0 Å². The molecule has 0 saturated carbocycles. The number of aliphatic carboxylic acids is 1.